The van der Waals surface area contributed by atoms with E-state index in [1.165, 1.54) is 0 Å². The van der Waals surface area contributed by atoms with E-state index in [0.717, 1.165) is 4.47 Å². The van der Waals surface area contributed by atoms with E-state index < -0.39 is 0 Å². The van der Waals surface area contributed by atoms with Gasteiger partial charge in [-0.05, 0) is 42.5 Å². The number of halogens is 1. The van der Waals surface area contributed by atoms with E-state index in [9.17, 15) is 4.79 Å². The Morgan fingerprint density at radius 3 is 2.78 bits per heavy atom. The van der Waals surface area contributed by atoms with Gasteiger partial charge >= 0.3 is 0 Å². The number of hydrogen-bond acceptors (Lipinski definition) is 3. The molecule has 118 valence electrons. The van der Waals surface area contributed by atoms with Gasteiger partial charge in [-0.1, -0.05) is 46.8 Å². The van der Waals surface area contributed by atoms with Crippen LogP contribution in [0.25, 0.3) is 0 Å². The number of carbonyl (C=O) groups is 1. The summed E-state index contributed by atoms with van der Waals surface area (Å²) in [7, 11) is 0. The van der Waals surface area contributed by atoms with E-state index in [0.29, 0.717) is 23.6 Å². The summed E-state index contributed by atoms with van der Waals surface area (Å²) in [4.78, 5) is 12.2. The molecular formula is C17H15BrN2O2S. The van der Waals surface area contributed by atoms with Crippen LogP contribution in [0.3, 0.4) is 0 Å². The summed E-state index contributed by atoms with van der Waals surface area (Å²) in [6, 6.07) is 14.4. The molecule has 0 radical (unpaired) electrons. The number of anilines is 1. The van der Waals surface area contributed by atoms with Crippen LogP contribution in [0.1, 0.15) is 10.4 Å². The van der Waals surface area contributed by atoms with E-state index in [1.54, 1.807) is 24.3 Å². The molecule has 0 spiro atoms. The minimum Gasteiger partial charge on any atom is -0.487 e. The van der Waals surface area contributed by atoms with Gasteiger partial charge in [0.2, 0.25) is 0 Å². The van der Waals surface area contributed by atoms with Gasteiger partial charge in [-0.25, -0.2) is 0 Å². The molecule has 0 aliphatic rings. The number of nitrogens with one attached hydrogen (secondary N) is 2. The monoisotopic (exact) mass is 390 g/mol. The third-order valence-electron chi connectivity index (χ3n) is 2.81. The lowest BCUT2D eigenvalue weighted by Gasteiger charge is -2.13. The lowest BCUT2D eigenvalue weighted by Crippen LogP contribution is -2.34. The number of ether oxygens (including phenoxy) is 1. The first-order valence-electron chi connectivity index (χ1n) is 6.81. The van der Waals surface area contributed by atoms with Crippen LogP contribution in [0.4, 0.5) is 5.69 Å². The van der Waals surface area contributed by atoms with Crippen LogP contribution in [-0.4, -0.2) is 17.6 Å². The minimum atomic E-state index is -0.284. The van der Waals surface area contributed by atoms with Crippen molar-refractivity contribution in [3.8, 4) is 5.75 Å². The predicted octanol–water partition coefficient (Wildman–Crippen LogP) is 4.14. The lowest BCUT2D eigenvalue weighted by molar-refractivity contribution is 0.0977. The van der Waals surface area contributed by atoms with Crippen LogP contribution in [0.15, 0.2) is 65.7 Å². The first-order chi connectivity index (χ1) is 11.1. The Labute approximate surface area is 148 Å². The van der Waals surface area contributed by atoms with Crippen LogP contribution in [0.5, 0.6) is 5.75 Å². The molecule has 2 N–H and O–H groups in total. The van der Waals surface area contributed by atoms with Crippen molar-refractivity contribution < 1.29 is 9.53 Å². The highest BCUT2D eigenvalue weighted by atomic mass is 79.9. The van der Waals surface area contributed by atoms with Crippen LogP contribution in [0, 0.1) is 0 Å². The van der Waals surface area contributed by atoms with Gasteiger partial charge in [-0.15, -0.1) is 0 Å². The Bertz CT molecular complexity index is 734. The minimum absolute atomic E-state index is 0.199. The van der Waals surface area contributed by atoms with Crippen molar-refractivity contribution in [1.29, 1.82) is 0 Å². The van der Waals surface area contributed by atoms with Gasteiger partial charge in [0.15, 0.2) is 5.11 Å². The van der Waals surface area contributed by atoms with E-state index in [-0.39, 0.29) is 11.0 Å². The molecule has 2 rings (SSSR count). The van der Waals surface area contributed by atoms with Gasteiger partial charge in [0, 0.05) is 10.0 Å². The maximum Gasteiger partial charge on any atom is 0.257 e. The molecule has 1 amide bonds. The molecule has 0 saturated carbocycles. The Balaban J connectivity index is 2.02. The Kier molecular flexibility index (Phi) is 6.31. The highest BCUT2D eigenvalue weighted by molar-refractivity contribution is 9.10. The number of hydrogen-bond donors (Lipinski definition) is 2. The van der Waals surface area contributed by atoms with Crippen LogP contribution < -0.4 is 15.4 Å². The molecule has 0 aliphatic heterocycles. The molecule has 2 aromatic carbocycles. The molecular weight excluding hydrogens is 376 g/mol. The van der Waals surface area contributed by atoms with Crippen molar-refractivity contribution in [2.45, 2.75) is 0 Å². The highest BCUT2D eigenvalue weighted by Gasteiger charge is 2.10. The molecule has 0 saturated heterocycles. The Morgan fingerprint density at radius 2 is 2.04 bits per heavy atom. The number of benzene rings is 2. The van der Waals surface area contributed by atoms with Gasteiger partial charge in [-0.2, -0.15) is 0 Å². The van der Waals surface area contributed by atoms with Crippen molar-refractivity contribution in [3.05, 3.63) is 71.2 Å². The molecule has 4 nitrogen and oxygen atoms in total. The largest absolute Gasteiger partial charge is 0.487 e. The lowest BCUT2D eigenvalue weighted by atomic mass is 10.2. The predicted molar refractivity (Wildman–Crippen MR) is 100.0 cm³/mol. The van der Waals surface area contributed by atoms with Crippen molar-refractivity contribution >= 4 is 44.9 Å². The summed E-state index contributed by atoms with van der Waals surface area (Å²) in [5.74, 6) is 0.347. The zero-order valence-electron chi connectivity index (χ0n) is 12.2. The second-order valence-corrected chi connectivity index (χ2v) is 5.84. The standard InChI is InChI=1S/C17H15BrN2O2S/c1-2-10-22-15-9-4-3-8-14(15)19-17(23)20-16(21)12-6-5-7-13(18)11-12/h2-9,11H,1,10H2,(H2,19,20,21,23). The molecule has 0 unspecified atom stereocenters. The molecule has 0 heterocycles. The van der Waals surface area contributed by atoms with Crippen LogP contribution >= 0.6 is 28.1 Å². The first-order valence-corrected chi connectivity index (χ1v) is 8.01. The average Bonchev–Trinajstić information content (AvgIpc) is 2.54. The topological polar surface area (TPSA) is 50.4 Å². The Hall–Kier alpha value is -2.18. The molecule has 0 aliphatic carbocycles. The molecule has 23 heavy (non-hydrogen) atoms. The average molecular weight is 391 g/mol. The number of thiocarbonyl (C=S) groups is 1. The summed E-state index contributed by atoms with van der Waals surface area (Å²) in [6.45, 7) is 4.00. The molecule has 2 aromatic rings. The number of para-hydroxylation sites is 2. The van der Waals surface area contributed by atoms with Gasteiger partial charge < -0.3 is 10.1 Å². The van der Waals surface area contributed by atoms with E-state index in [4.69, 9.17) is 17.0 Å². The van der Waals surface area contributed by atoms with E-state index in [1.807, 2.05) is 30.3 Å². The molecule has 0 atom stereocenters. The number of amides is 1. The summed E-state index contributed by atoms with van der Waals surface area (Å²) in [5, 5.41) is 5.80. The van der Waals surface area contributed by atoms with Crippen LogP contribution in [-0.2, 0) is 0 Å². The summed E-state index contributed by atoms with van der Waals surface area (Å²) in [6.07, 6.45) is 1.66. The van der Waals surface area contributed by atoms with E-state index in [2.05, 4.69) is 33.1 Å². The van der Waals surface area contributed by atoms with Crippen molar-refractivity contribution in [3.63, 3.8) is 0 Å². The van der Waals surface area contributed by atoms with Gasteiger partial charge in [0.05, 0.1) is 5.69 Å². The molecule has 0 aromatic heterocycles. The second-order valence-electron chi connectivity index (χ2n) is 4.51. The van der Waals surface area contributed by atoms with Crippen molar-refractivity contribution in [2.24, 2.45) is 0 Å². The highest BCUT2D eigenvalue weighted by Crippen LogP contribution is 2.23. The van der Waals surface area contributed by atoms with Gasteiger partial charge in [0.25, 0.3) is 5.91 Å². The third kappa shape index (κ3) is 5.19. The fourth-order valence-corrected chi connectivity index (χ4v) is 2.40. The third-order valence-corrected chi connectivity index (χ3v) is 3.50. The van der Waals surface area contributed by atoms with Crippen molar-refractivity contribution in [1.82, 2.24) is 5.32 Å². The van der Waals surface area contributed by atoms with Crippen molar-refractivity contribution in [2.75, 3.05) is 11.9 Å². The quantitative estimate of drug-likeness (QED) is 0.594. The van der Waals surface area contributed by atoms with E-state index >= 15 is 0 Å². The SMILES string of the molecule is C=CCOc1ccccc1NC(=S)NC(=O)c1cccc(Br)c1. The normalized spacial score (nSPS) is 9.78. The first kappa shape index (κ1) is 17.2. The van der Waals surface area contributed by atoms with Gasteiger partial charge in [0.1, 0.15) is 12.4 Å². The zero-order chi connectivity index (χ0) is 16.7. The smallest absolute Gasteiger partial charge is 0.257 e. The summed E-state index contributed by atoms with van der Waals surface area (Å²) < 4.78 is 6.36. The fraction of sp³-hybridized carbons (Fsp3) is 0.0588. The summed E-state index contributed by atoms with van der Waals surface area (Å²) in [5.41, 5.74) is 1.19. The van der Waals surface area contributed by atoms with Gasteiger partial charge in [-0.3, -0.25) is 10.1 Å². The number of rotatable bonds is 5. The number of carbonyl (C=O) groups excluding carboxylic acids is 1. The maximum absolute atomic E-state index is 12.2. The zero-order valence-corrected chi connectivity index (χ0v) is 14.6. The summed E-state index contributed by atoms with van der Waals surface area (Å²) >= 11 is 8.52. The molecule has 0 fully saturated rings. The maximum atomic E-state index is 12.2. The fourth-order valence-electron chi connectivity index (χ4n) is 1.80. The molecule has 6 heteroatoms. The van der Waals surface area contributed by atoms with Crippen LogP contribution in [0.2, 0.25) is 0 Å². The molecule has 0 bridgehead atoms. The second kappa shape index (κ2) is 8.45. The Morgan fingerprint density at radius 1 is 1.26 bits per heavy atom.